The predicted molar refractivity (Wildman–Crippen MR) is 116 cm³/mol. The number of likely N-dealkylation sites (tertiary alicyclic amines) is 1. The van der Waals surface area contributed by atoms with Crippen molar-refractivity contribution in [3.63, 3.8) is 0 Å². The Bertz CT molecular complexity index is 986. The molecule has 4 rings (SSSR count). The van der Waals surface area contributed by atoms with Gasteiger partial charge in [0.15, 0.2) is 5.78 Å². The molecule has 0 unspecified atom stereocenters. The highest BCUT2D eigenvalue weighted by atomic mass is 35.5. The minimum atomic E-state index is -0.633. The van der Waals surface area contributed by atoms with Gasteiger partial charge in [0.05, 0.1) is 35.1 Å². The van der Waals surface area contributed by atoms with Crippen molar-refractivity contribution in [1.29, 1.82) is 0 Å². The zero-order valence-electron chi connectivity index (χ0n) is 16.1. The molecule has 0 aliphatic carbocycles. The number of ether oxygens (including phenoxy) is 2. The first-order valence-corrected chi connectivity index (χ1v) is 10.9. The van der Waals surface area contributed by atoms with Gasteiger partial charge in [-0.2, -0.15) is 0 Å². The van der Waals surface area contributed by atoms with Gasteiger partial charge in [-0.3, -0.25) is 9.59 Å². The zero-order valence-corrected chi connectivity index (χ0v) is 18.4. The third-order valence-electron chi connectivity index (χ3n) is 5.55. The van der Waals surface area contributed by atoms with Crippen molar-refractivity contribution in [3.8, 4) is 11.5 Å². The highest BCUT2D eigenvalue weighted by Crippen LogP contribution is 2.44. The number of para-hydroxylation sites is 1. The van der Waals surface area contributed by atoms with Gasteiger partial charge in [0.1, 0.15) is 17.1 Å². The minimum Gasteiger partial charge on any atom is -0.491 e. The van der Waals surface area contributed by atoms with E-state index in [2.05, 4.69) is 0 Å². The van der Waals surface area contributed by atoms with Crippen LogP contribution < -0.4 is 9.47 Å². The van der Waals surface area contributed by atoms with Crippen LogP contribution in [-0.2, 0) is 4.79 Å². The Labute approximate surface area is 189 Å². The molecule has 0 aromatic heterocycles. The lowest BCUT2D eigenvalue weighted by atomic mass is 9.82. The summed E-state index contributed by atoms with van der Waals surface area (Å²) in [5, 5.41) is 1.26. The van der Waals surface area contributed by atoms with Gasteiger partial charge in [-0.05, 0) is 24.3 Å². The fourth-order valence-corrected chi connectivity index (χ4v) is 4.64. The molecule has 0 bridgehead atoms. The van der Waals surface area contributed by atoms with Crippen LogP contribution in [0.4, 0.5) is 0 Å². The van der Waals surface area contributed by atoms with Crippen LogP contribution in [0, 0.1) is 0 Å². The van der Waals surface area contributed by atoms with E-state index in [-0.39, 0.29) is 31.1 Å². The quantitative estimate of drug-likeness (QED) is 0.599. The maximum absolute atomic E-state index is 12.7. The second-order valence-electron chi connectivity index (χ2n) is 7.56. The SMILES string of the molecule is O=C1CC2(CCN(C(=O)CCOc3ccccc3Cl)CC2)Oc2c(Cl)cc(Cl)cc21. The highest BCUT2D eigenvalue weighted by molar-refractivity contribution is 6.36. The molecule has 0 N–H and O–H groups in total. The van der Waals surface area contributed by atoms with E-state index in [9.17, 15) is 9.59 Å². The van der Waals surface area contributed by atoms with Crippen molar-refractivity contribution in [1.82, 2.24) is 4.90 Å². The Morgan fingerprint density at radius 1 is 1.10 bits per heavy atom. The normalized spacial score (nSPS) is 17.4. The van der Waals surface area contributed by atoms with E-state index in [1.807, 2.05) is 12.1 Å². The van der Waals surface area contributed by atoms with Crippen LogP contribution in [0.25, 0.3) is 0 Å². The van der Waals surface area contributed by atoms with Crippen LogP contribution >= 0.6 is 34.8 Å². The van der Waals surface area contributed by atoms with E-state index >= 15 is 0 Å². The molecule has 2 aromatic carbocycles. The van der Waals surface area contributed by atoms with Gasteiger partial charge in [-0.1, -0.05) is 46.9 Å². The van der Waals surface area contributed by atoms with Gasteiger partial charge in [-0.15, -0.1) is 0 Å². The van der Waals surface area contributed by atoms with E-state index < -0.39 is 5.60 Å². The molecule has 0 atom stereocenters. The lowest BCUT2D eigenvalue weighted by Gasteiger charge is -2.44. The number of hydrogen-bond acceptors (Lipinski definition) is 4. The maximum atomic E-state index is 12.7. The van der Waals surface area contributed by atoms with Crippen LogP contribution in [-0.4, -0.2) is 41.9 Å². The van der Waals surface area contributed by atoms with Crippen molar-refractivity contribution in [2.75, 3.05) is 19.7 Å². The first-order valence-electron chi connectivity index (χ1n) is 9.73. The smallest absolute Gasteiger partial charge is 0.226 e. The van der Waals surface area contributed by atoms with Gasteiger partial charge in [0.25, 0.3) is 0 Å². The molecule has 0 radical (unpaired) electrons. The first-order chi connectivity index (χ1) is 14.4. The van der Waals surface area contributed by atoms with Crippen LogP contribution in [0.2, 0.25) is 15.1 Å². The number of fused-ring (bicyclic) bond motifs is 1. The third kappa shape index (κ3) is 4.39. The molecular formula is C22H20Cl3NO4. The lowest BCUT2D eigenvalue weighted by Crippen LogP contribution is -2.52. The van der Waals surface area contributed by atoms with Gasteiger partial charge in [0, 0.05) is 31.0 Å². The summed E-state index contributed by atoms with van der Waals surface area (Å²) in [6.07, 6.45) is 1.64. The molecule has 2 aromatic rings. The molecule has 8 heteroatoms. The van der Waals surface area contributed by atoms with Gasteiger partial charge in [-0.25, -0.2) is 0 Å². The number of amides is 1. The maximum Gasteiger partial charge on any atom is 0.226 e. The van der Waals surface area contributed by atoms with Crippen LogP contribution in [0.1, 0.15) is 36.0 Å². The van der Waals surface area contributed by atoms with E-state index in [1.165, 1.54) is 0 Å². The Kier molecular flexibility index (Phi) is 6.14. The van der Waals surface area contributed by atoms with E-state index in [0.717, 1.165) is 0 Å². The molecule has 1 spiro atoms. The molecule has 2 aliphatic heterocycles. The number of carbonyl (C=O) groups is 2. The number of halogens is 3. The number of carbonyl (C=O) groups excluding carboxylic acids is 2. The molecule has 2 aliphatic rings. The highest BCUT2D eigenvalue weighted by Gasteiger charge is 2.44. The minimum absolute atomic E-state index is 0.00394. The molecule has 1 fully saturated rings. The lowest BCUT2D eigenvalue weighted by molar-refractivity contribution is -0.135. The Hall–Kier alpha value is -1.95. The van der Waals surface area contributed by atoms with Gasteiger partial charge in [0.2, 0.25) is 5.91 Å². The standard InChI is InChI=1S/C22H20Cl3NO4/c23-14-11-15-18(27)13-22(30-21(15)17(25)12-14)6-8-26(9-7-22)20(28)5-10-29-19-4-2-1-3-16(19)24/h1-4,11-12H,5-10,13H2. The number of rotatable bonds is 4. The molecule has 5 nitrogen and oxygen atoms in total. The van der Waals surface area contributed by atoms with Crippen molar-refractivity contribution >= 4 is 46.5 Å². The largest absolute Gasteiger partial charge is 0.491 e. The second-order valence-corrected chi connectivity index (χ2v) is 8.81. The molecule has 1 amide bonds. The Balaban J connectivity index is 1.34. The Morgan fingerprint density at radius 2 is 1.83 bits per heavy atom. The zero-order chi connectivity index (χ0) is 21.3. The average molecular weight is 469 g/mol. The fourth-order valence-electron chi connectivity index (χ4n) is 3.92. The molecule has 1 saturated heterocycles. The summed E-state index contributed by atoms with van der Waals surface area (Å²) in [7, 11) is 0. The van der Waals surface area contributed by atoms with Crippen LogP contribution in [0.5, 0.6) is 11.5 Å². The summed E-state index contributed by atoms with van der Waals surface area (Å²) >= 11 is 18.3. The number of Topliss-reactive ketones (excluding diaryl/α,β-unsaturated/α-hetero) is 1. The van der Waals surface area contributed by atoms with Crippen molar-refractivity contribution in [2.45, 2.75) is 31.3 Å². The predicted octanol–water partition coefficient (Wildman–Crippen LogP) is 5.44. The summed E-state index contributed by atoms with van der Waals surface area (Å²) < 4.78 is 11.8. The molecule has 158 valence electrons. The summed E-state index contributed by atoms with van der Waals surface area (Å²) in [5.41, 5.74) is -0.208. The fraction of sp³-hybridized carbons (Fsp3) is 0.364. The van der Waals surface area contributed by atoms with Gasteiger partial charge >= 0.3 is 0 Å². The number of benzene rings is 2. The van der Waals surface area contributed by atoms with E-state index in [0.29, 0.717) is 58.1 Å². The first kappa shape index (κ1) is 21.3. The Morgan fingerprint density at radius 3 is 2.57 bits per heavy atom. The van der Waals surface area contributed by atoms with E-state index in [4.69, 9.17) is 44.3 Å². The van der Waals surface area contributed by atoms with Crippen molar-refractivity contribution in [3.05, 3.63) is 57.0 Å². The summed E-state index contributed by atoms with van der Waals surface area (Å²) in [6, 6.07) is 10.3. The third-order valence-corrected chi connectivity index (χ3v) is 6.36. The summed E-state index contributed by atoms with van der Waals surface area (Å²) in [5.74, 6) is 0.928. The van der Waals surface area contributed by atoms with Crippen molar-refractivity contribution in [2.24, 2.45) is 0 Å². The average Bonchev–Trinajstić information content (AvgIpc) is 2.71. The molecule has 2 heterocycles. The number of hydrogen-bond donors (Lipinski definition) is 0. The number of piperidine rings is 1. The summed E-state index contributed by atoms with van der Waals surface area (Å²) in [4.78, 5) is 27.0. The van der Waals surface area contributed by atoms with Crippen LogP contribution in [0.15, 0.2) is 36.4 Å². The topological polar surface area (TPSA) is 55.8 Å². The number of ketones is 1. The molecule has 30 heavy (non-hydrogen) atoms. The monoisotopic (exact) mass is 467 g/mol. The van der Waals surface area contributed by atoms with E-state index in [1.54, 1.807) is 29.2 Å². The van der Waals surface area contributed by atoms with Crippen LogP contribution in [0.3, 0.4) is 0 Å². The second kappa shape index (κ2) is 8.66. The molecular weight excluding hydrogens is 449 g/mol. The number of nitrogens with zero attached hydrogens (tertiary/aromatic N) is 1. The van der Waals surface area contributed by atoms with Gasteiger partial charge < -0.3 is 14.4 Å². The summed E-state index contributed by atoms with van der Waals surface area (Å²) in [6.45, 7) is 1.28. The van der Waals surface area contributed by atoms with Crippen molar-refractivity contribution < 1.29 is 19.1 Å². The molecule has 0 saturated carbocycles.